The molecule has 0 aliphatic carbocycles. The maximum Gasteiger partial charge on any atom is 0.233 e. The molecule has 0 spiro atoms. The minimum absolute atomic E-state index is 0.0165. The Kier molecular flexibility index (Phi) is 6.08. The van der Waals surface area contributed by atoms with E-state index in [0.717, 1.165) is 32.4 Å². The highest BCUT2D eigenvalue weighted by molar-refractivity contribution is 6.02. The van der Waals surface area contributed by atoms with Crippen LogP contribution in [-0.4, -0.2) is 60.0 Å². The number of amidine groups is 1. The highest BCUT2D eigenvalue weighted by Gasteiger charge is 2.31. The zero-order valence-corrected chi connectivity index (χ0v) is 12.2. The van der Waals surface area contributed by atoms with E-state index >= 15 is 0 Å². The van der Waals surface area contributed by atoms with Gasteiger partial charge in [0.15, 0.2) is 5.84 Å². The topological polar surface area (TPSA) is 82.2 Å². The molecule has 6 nitrogen and oxygen atoms in total. The lowest BCUT2D eigenvalue weighted by Crippen LogP contribution is -2.50. The van der Waals surface area contributed by atoms with Gasteiger partial charge in [-0.1, -0.05) is 18.5 Å². The third-order valence-electron chi connectivity index (χ3n) is 3.84. The van der Waals surface area contributed by atoms with Gasteiger partial charge in [-0.05, 0) is 32.9 Å². The number of carbonyl (C=O) groups excluding carboxylic acids is 1. The maximum atomic E-state index is 12.5. The zero-order valence-electron chi connectivity index (χ0n) is 12.2. The first-order valence-electron chi connectivity index (χ1n) is 6.93. The van der Waals surface area contributed by atoms with Crippen LogP contribution in [-0.2, 0) is 4.79 Å². The lowest BCUT2D eigenvalue weighted by atomic mass is 9.98. The van der Waals surface area contributed by atoms with Crippen LogP contribution < -0.4 is 5.73 Å². The van der Waals surface area contributed by atoms with Crippen LogP contribution in [0.15, 0.2) is 5.16 Å². The number of piperidine rings is 1. The van der Waals surface area contributed by atoms with Gasteiger partial charge in [-0.25, -0.2) is 0 Å². The molecule has 1 rings (SSSR count). The number of rotatable bonds is 5. The molecule has 110 valence electrons. The number of oxime groups is 1. The quantitative estimate of drug-likeness (QED) is 0.333. The molecule has 1 saturated heterocycles. The van der Waals surface area contributed by atoms with Crippen molar-refractivity contribution in [1.29, 1.82) is 0 Å². The second kappa shape index (κ2) is 7.33. The van der Waals surface area contributed by atoms with Crippen LogP contribution in [0.25, 0.3) is 0 Å². The zero-order chi connectivity index (χ0) is 14.4. The average molecular weight is 270 g/mol. The second-order valence-electron chi connectivity index (χ2n) is 5.37. The summed E-state index contributed by atoms with van der Waals surface area (Å²) in [6.45, 7) is 3.95. The summed E-state index contributed by atoms with van der Waals surface area (Å²) in [7, 11) is 3.89. The smallest absolute Gasteiger partial charge is 0.233 e. The van der Waals surface area contributed by atoms with E-state index in [4.69, 9.17) is 10.9 Å². The first kappa shape index (κ1) is 15.8. The molecular weight excluding hydrogens is 244 g/mol. The molecule has 2 atom stereocenters. The Labute approximate surface area is 115 Å². The Hall–Kier alpha value is -1.30. The summed E-state index contributed by atoms with van der Waals surface area (Å²) in [4.78, 5) is 16.5. The van der Waals surface area contributed by atoms with Crippen molar-refractivity contribution in [3.63, 3.8) is 0 Å². The van der Waals surface area contributed by atoms with Gasteiger partial charge in [-0.3, -0.25) is 4.79 Å². The van der Waals surface area contributed by atoms with Crippen molar-refractivity contribution in [2.24, 2.45) is 16.8 Å². The van der Waals surface area contributed by atoms with E-state index in [1.165, 1.54) is 0 Å². The van der Waals surface area contributed by atoms with E-state index < -0.39 is 5.92 Å². The van der Waals surface area contributed by atoms with Gasteiger partial charge >= 0.3 is 0 Å². The number of likely N-dealkylation sites (N-methyl/N-ethyl adjacent to an activating group) is 2. The summed E-state index contributed by atoms with van der Waals surface area (Å²) in [5.41, 5.74) is 5.64. The molecule has 1 fully saturated rings. The standard InChI is InChI=1S/C13H26N4O2/c1-4-6-11(12(14)15-19)13(18)17(3)10-7-5-8-16(2)9-10/h10-11,19H,4-9H2,1-3H3,(H2,14,15). The predicted molar refractivity (Wildman–Crippen MR) is 75.1 cm³/mol. The largest absolute Gasteiger partial charge is 0.409 e. The lowest BCUT2D eigenvalue weighted by molar-refractivity contribution is -0.135. The summed E-state index contributed by atoms with van der Waals surface area (Å²) in [5, 5.41) is 11.8. The highest BCUT2D eigenvalue weighted by Crippen LogP contribution is 2.18. The summed E-state index contributed by atoms with van der Waals surface area (Å²) in [6.07, 6.45) is 3.55. The molecule has 0 radical (unpaired) electrons. The van der Waals surface area contributed by atoms with Gasteiger partial charge in [-0.15, -0.1) is 0 Å². The molecule has 0 aromatic rings. The van der Waals surface area contributed by atoms with Gasteiger partial charge < -0.3 is 20.7 Å². The average Bonchev–Trinajstić information content (AvgIpc) is 2.42. The lowest BCUT2D eigenvalue weighted by Gasteiger charge is -2.37. The monoisotopic (exact) mass is 270 g/mol. The number of carbonyl (C=O) groups is 1. The van der Waals surface area contributed by atoms with Gasteiger partial charge in [0.2, 0.25) is 5.91 Å². The fourth-order valence-electron chi connectivity index (χ4n) is 2.64. The van der Waals surface area contributed by atoms with E-state index in [1.807, 2.05) is 14.0 Å². The van der Waals surface area contributed by atoms with Crippen LogP contribution in [0.5, 0.6) is 0 Å². The fraction of sp³-hybridized carbons (Fsp3) is 0.846. The number of hydrogen-bond donors (Lipinski definition) is 2. The van der Waals surface area contributed by atoms with Crippen LogP contribution in [0.3, 0.4) is 0 Å². The number of likely N-dealkylation sites (tertiary alicyclic amines) is 1. The van der Waals surface area contributed by atoms with Crippen LogP contribution in [0.1, 0.15) is 32.6 Å². The van der Waals surface area contributed by atoms with Crippen LogP contribution in [0, 0.1) is 5.92 Å². The molecule has 2 unspecified atom stereocenters. The number of amides is 1. The second-order valence-corrected chi connectivity index (χ2v) is 5.37. The Bertz CT molecular complexity index is 333. The summed E-state index contributed by atoms with van der Waals surface area (Å²) >= 11 is 0. The Morgan fingerprint density at radius 2 is 2.32 bits per heavy atom. The SMILES string of the molecule is CCCC(C(=O)N(C)C1CCCN(C)C1)C(N)=NO. The van der Waals surface area contributed by atoms with Crippen LogP contribution in [0.2, 0.25) is 0 Å². The Morgan fingerprint density at radius 1 is 1.63 bits per heavy atom. The first-order valence-corrected chi connectivity index (χ1v) is 6.93. The van der Waals surface area contributed by atoms with Crippen LogP contribution >= 0.6 is 0 Å². The normalized spacial score (nSPS) is 23.1. The van der Waals surface area contributed by atoms with Crippen molar-refractivity contribution in [1.82, 2.24) is 9.80 Å². The van der Waals surface area contributed by atoms with Crippen molar-refractivity contribution in [2.75, 3.05) is 27.2 Å². The summed E-state index contributed by atoms with van der Waals surface area (Å²) in [5.74, 6) is -0.535. The molecule has 19 heavy (non-hydrogen) atoms. The minimum atomic E-state index is -0.507. The molecule has 1 heterocycles. The number of hydrogen-bond acceptors (Lipinski definition) is 4. The predicted octanol–water partition coefficient (Wildman–Crippen LogP) is 0.702. The van der Waals surface area contributed by atoms with E-state index in [-0.39, 0.29) is 17.8 Å². The van der Waals surface area contributed by atoms with Crippen LogP contribution in [0.4, 0.5) is 0 Å². The van der Waals surface area contributed by atoms with Crippen molar-refractivity contribution in [2.45, 2.75) is 38.6 Å². The molecule has 1 aliphatic rings. The number of nitrogens with two attached hydrogens (primary N) is 1. The molecule has 3 N–H and O–H groups in total. The molecule has 1 amide bonds. The minimum Gasteiger partial charge on any atom is -0.409 e. The van der Waals surface area contributed by atoms with Gasteiger partial charge in [-0.2, -0.15) is 0 Å². The van der Waals surface area contributed by atoms with E-state index in [0.29, 0.717) is 6.42 Å². The Morgan fingerprint density at radius 3 is 2.84 bits per heavy atom. The Balaban J connectivity index is 2.72. The molecule has 1 aliphatic heterocycles. The van der Waals surface area contributed by atoms with Crippen molar-refractivity contribution < 1.29 is 10.0 Å². The molecule has 0 bridgehead atoms. The summed E-state index contributed by atoms with van der Waals surface area (Å²) in [6, 6.07) is 0.220. The molecule has 0 aromatic heterocycles. The van der Waals surface area contributed by atoms with E-state index in [9.17, 15) is 4.79 Å². The molecule has 0 aromatic carbocycles. The third-order valence-corrected chi connectivity index (χ3v) is 3.84. The number of nitrogens with zero attached hydrogens (tertiary/aromatic N) is 3. The van der Waals surface area contributed by atoms with Gasteiger partial charge in [0, 0.05) is 19.6 Å². The van der Waals surface area contributed by atoms with Gasteiger partial charge in [0.1, 0.15) is 0 Å². The fourth-order valence-corrected chi connectivity index (χ4v) is 2.64. The van der Waals surface area contributed by atoms with Gasteiger partial charge in [0.25, 0.3) is 0 Å². The highest BCUT2D eigenvalue weighted by atomic mass is 16.4. The van der Waals surface area contributed by atoms with E-state index in [1.54, 1.807) is 4.90 Å². The molecule has 0 saturated carbocycles. The first-order chi connectivity index (χ1) is 9.01. The van der Waals surface area contributed by atoms with Crippen molar-refractivity contribution >= 4 is 11.7 Å². The maximum absolute atomic E-state index is 12.5. The molecular formula is C13H26N4O2. The summed E-state index contributed by atoms with van der Waals surface area (Å²) < 4.78 is 0. The molecule has 6 heteroatoms. The van der Waals surface area contributed by atoms with Crippen molar-refractivity contribution in [3.8, 4) is 0 Å². The van der Waals surface area contributed by atoms with Gasteiger partial charge in [0.05, 0.1) is 5.92 Å². The van der Waals surface area contributed by atoms with Crippen molar-refractivity contribution in [3.05, 3.63) is 0 Å². The third kappa shape index (κ3) is 4.09. The van der Waals surface area contributed by atoms with E-state index in [2.05, 4.69) is 17.1 Å².